The lowest BCUT2D eigenvalue weighted by atomic mass is 9.71. The Morgan fingerprint density at radius 1 is 1.30 bits per heavy atom. The Kier molecular flexibility index (Phi) is 4.99. The van der Waals surface area contributed by atoms with Crippen molar-refractivity contribution in [3.63, 3.8) is 0 Å². The zero-order chi connectivity index (χ0) is 19.0. The molecule has 0 atom stereocenters. The number of likely N-dealkylation sites (tertiary alicyclic amines) is 1. The van der Waals surface area contributed by atoms with Crippen molar-refractivity contribution in [2.24, 2.45) is 12.5 Å². The van der Waals surface area contributed by atoms with Crippen LogP contribution >= 0.6 is 11.6 Å². The number of aryl methyl sites for hydroxylation is 2. The summed E-state index contributed by atoms with van der Waals surface area (Å²) in [4.78, 5) is 14.9. The molecule has 0 bridgehead atoms. The van der Waals surface area contributed by atoms with E-state index in [9.17, 15) is 4.79 Å². The number of carbonyl (C=O) groups is 1. The molecule has 2 fully saturated rings. The van der Waals surface area contributed by atoms with Gasteiger partial charge in [-0.05, 0) is 51.1 Å². The molecule has 2 aliphatic heterocycles. The third kappa shape index (κ3) is 3.62. The Morgan fingerprint density at radius 2 is 2.00 bits per heavy atom. The van der Waals surface area contributed by atoms with E-state index in [1.807, 2.05) is 17.9 Å². The summed E-state index contributed by atoms with van der Waals surface area (Å²) in [5.74, 6) is 0.808. The Balaban J connectivity index is 1.47. The molecule has 0 saturated carbocycles. The van der Waals surface area contributed by atoms with Gasteiger partial charge in [-0.15, -0.1) is 0 Å². The number of carbonyl (C=O) groups excluding carboxylic acids is 1. The molecule has 2 aliphatic rings. The summed E-state index contributed by atoms with van der Waals surface area (Å²) in [7, 11) is 1.77. The van der Waals surface area contributed by atoms with Gasteiger partial charge in [0, 0.05) is 31.8 Å². The van der Waals surface area contributed by atoms with Gasteiger partial charge in [-0.2, -0.15) is 5.10 Å². The normalized spacial score (nSPS) is 19.6. The summed E-state index contributed by atoms with van der Waals surface area (Å²) in [5, 5.41) is 12.4. The van der Waals surface area contributed by atoms with Crippen LogP contribution in [0.2, 0.25) is 5.15 Å². The van der Waals surface area contributed by atoms with Gasteiger partial charge < -0.3 is 14.7 Å². The van der Waals surface area contributed by atoms with Gasteiger partial charge in [0.05, 0.1) is 6.42 Å². The number of piperidine rings is 2. The average Bonchev–Trinajstić information content (AvgIpc) is 3.21. The average molecular weight is 392 g/mol. The van der Waals surface area contributed by atoms with Crippen LogP contribution in [0.25, 0.3) is 11.4 Å². The molecule has 2 saturated heterocycles. The molecule has 0 aromatic carbocycles. The van der Waals surface area contributed by atoms with E-state index < -0.39 is 0 Å². The van der Waals surface area contributed by atoms with Crippen LogP contribution in [-0.4, -0.2) is 51.9 Å². The molecular formula is C19H26ClN5O2. The van der Waals surface area contributed by atoms with Gasteiger partial charge in [0.15, 0.2) is 0 Å². The SMILES string of the molecule is Cc1cc(-c2nn(C)c(Cl)c2CC(=O)N2CCC3(CCNCC3)CC2)no1. The van der Waals surface area contributed by atoms with Crippen LogP contribution in [0.3, 0.4) is 0 Å². The van der Waals surface area contributed by atoms with Crippen molar-refractivity contribution in [3.8, 4) is 11.4 Å². The Labute approximate surface area is 164 Å². The van der Waals surface area contributed by atoms with E-state index in [0.29, 0.717) is 27.7 Å². The lowest BCUT2D eigenvalue weighted by molar-refractivity contribution is -0.133. The molecule has 4 heterocycles. The molecule has 0 unspecified atom stereocenters. The fourth-order valence-electron chi connectivity index (χ4n) is 4.34. The molecule has 4 rings (SSSR count). The highest BCUT2D eigenvalue weighted by molar-refractivity contribution is 6.31. The van der Waals surface area contributed by atoms with E-state index in [1.165, 1.54) is 12.8 Å². The summed E-state index contributed by atoms with van der Waals surface area (Å²) < 4.78 is 6.75. The third-order valence-electron chi connectivity index (χ3n) is 6.11. The number of hydrogen-bond acceptors (Lipinski definition) is 5. The monoisotopic (exact) mass is 391 g/mol. The van der Waals surface area contributed by atoms with Crippen molar-refractivity contribution in [2.75, 3.05) is 26.2 Å². The first-order valence-electron chi connectivity index (χ1n) is 9.61. The zero-order valence-electron chi connectivity index (χ0n) is 15.9. The van der Waals surface area contributed by atoms with Crippen LogP contribution < -0.4 is 5.32 Å². The Hall–Kier alpha value is -1.86. The van der Waals surface area contributed by atoms with Crippen LogP contribution in [0, 0.1) is 12.3 Å². The number of nitrogens with one attached hydrogen (secondary N) is 1. The van der Waals surface area contributed by atoms with Crippen molar-refractivity contribution in [2.45, 2.75) is 39.0 Å². The topological polar surface area (TPSA) is 76.2 Å². The maximum absolute atomic E-state index is 13.0. The predicted octanol–water partition coefficient (Wildman–Crippen LogP) is 2.57. The number of amides is 1. The first-order valence-corrected chi connectivity index (χ1v) is 9.99. The second-order valence-corrected chi connectivity index (χ2v) is 8.23. The molecule has 146 valence electrons. The molecular weight excluding hydrogens is 366 g/mol. The van der Waals surface area contributed by atoms with Gasteiger partial charge in [0.25, 0.3) is 0 Å². The predicted molar refractivity (Wildman–Crippen MR) is 103 cm³/mol. The third-order valence-corrected chi connectivity index (χ3v) is 6.58. The van der Waals surface area contributed by atoms with E-state index >= 15 is 0 Å². The highest BCUT2D eigenvalue weighted by atomic mass is 35.5. The molecule has 27 heavy (non-hydrogen) atoms. The first kappa shape index (κ1) is 18.5. The minimum absolute atomic E-state index is 0.107. The molecule has 2 aromatic rings. The molecule has 8 heteroatoms. The van der Waals surface area contributed by atoms with Crippen molar-refractivity contribution in [1.29, 1.82) is 0 Å². The number of rotatable bonds is 3. The van der Waals surface area contributed by atoms with E-state index in [4.69, 9.17) is 16.1 Å². The summed E-state index contributed by atoms with van der Waals surface area (Å²) >= 11 is 6.43. The van der Waals surface area contributed by atoms with Crippen molar-refractivity contribution >= 4 is 17.5 Å². The van der Waals surface area contributed by atoms with Gasteiger partial charge in [-0.25, -0.2) is 0 Å². The minimum atomic E-state index is 0.107. The molecule has 1 amide bonds. The van der Waals surface area contributed by atoms with Crippen LogP contribution in [0.1, 0.15) is 37.0 Å². The largest absolute Gasteiger partial charge is 0.361 e. The van der Waals surface area contributed by atoms with E-state index in [1.54, 1.807) is 11.7 Å². The standard InChI is InChI=1S/C19H26ClN5O2/c1-13-11-15(23-27-13)17-14(18(20)24(2)22-17)12-16(26)25-9-5-19(6-10-25)3-7-21-8-4-19/h11,21H,3-10,12H2,1-2H3. The first-order chi connectivity index (χ1) is 13.0. The summed E-state index contributed by atoms with van der Waals surface area (Å²) in [6.45, 7) is 5.68. The second-order valence-electron chi connectivity index (χ2n) is 7.87. The minimum Gasteiger partial charge on any atom is -0.361 e. The van der Waals surface area contributed by atoms with Crippen molar-refractivity contribution < 1.29 is 9.32 Å². The maximum atomic E-state index is 13.0. The fraction of sp³-hybridized carbons (Fsp3) is 0.632. The van der Waals surface area contributed by atoms with Crippen LogP contribution in [0.4, 0.5) is 0 Å². The summed E-state index contributed by atoms with van der Waals surface area (Å²) in [6, 6.07) is 1.81. The van der Waals surface area contributed by atoms with Crippen molar-refractivity contribution in [3.05, 3.63) is 22.5 Å². The summed E-state index contributed by atoms with van der Waals surface area (Å²) in [6.07, 6.45) is 4.87. The van der Waals surface area contributed by atoms with Crippen LogP contribution in [0.5, 0.6) is 0 Å². The van der Waals surface area contributed by atoms with E-state index in [-0.39, 0.29) is 12.3 Å². The molecule has 1 N–H and O–H groups in total. The Bertz CT molecular complexity index is 827. The quantitative estimate of drug-likeness (QED) is 0.870. The van der Waals surface area contributed by atoms with E-state index in [0.717, 1.165) is 44.6 Å². The highest BCUT2D eigenvalue weighted by Gasteiger charge is 2.37. The molecule has 2 aromatic heterocycles. The lowest BCUT2D eigenvalue weighted by Gasteiger charge is -2.44. The van der Waals surface area contributed by atoms with Gasteiger partial charge in [-0.1, -0.05) is 16.8 Å². The number of hydrogen-bond donors (Lipinski definition) is 1. The van der Waals surface area contributed by atoms with Crippen LogP contribution in [-0.2, 0) is 18.3 Å². The van der Waals surface area contributed by atoms with Gasteiger partial charge >= 0.3 is 0 Å². The van der Waals surface area contributed by atoms with Gasteiger partial charge in [-0.3, -0.25) is 9.48 Å². The second kappa shape index (κ2) is 7.28. The van der Waals surface area contributed by atoms with Crippen molar-refractivity contribution in [1.82, 2.24) is 25.2 Å². The molecule has 1 spiro atoms. The maximum Gasteiger partial charge on any atom is 0.227 e. The zero-order valence-corrected chi connectivity index (χ0v) is 16.7. The number of aromatic nitrogens is 3. The number of nitrogens with zero attached hydrogens (tertiary/aromatic N) is 4. The highest BCUT2D eigenvalue weighted by Crippen LogP contribution is 2.39. The van der Waals surface area contributed by atoms with E-state index in [2.05, 4.69) is 15.6 Å². The number of halogens is 1. The molecule has 7 nitrogen and oxygen atoms in total. The van der Waals surface area contributed by atoms with Crippen LogP contribution in [0.15, 0.2) is 10.6 Å². The van der Waals surface area contributed by atoms with Gasteiger partial charge in [0.1, 0.15) is 22.3 Å². The lowest BCUT2D eigenvalue weighted by Crippen LogP contribution is -2.47. The molecule has 0 aliphatic carbocycles. The van der Waals surface area contributed by atoms with Gasteiger partial charge in [0.2, 0.25) is 5.91 Å². The fourth-order valence-corrected chi connectivity index (χ4v) is 4.53. The smallest absolute Gasteiger partial charge is 0.227 e. The summed E-state index contributed by atoms with van der Waals surface area (Å²) in [5.41, 5.74) is 2.39. The molecule has 0 radical (unpaired) electrons. The Morgan fingerprint density at radius 3 is 2.63 bits per heavy atom.